The van der Waals surface area contributed by atoms with Crippen molar-refractivity contribution >= 4 is 5.69 Å². The summed E-state index contributed by atoms with van der Waals surface area (Å²) in [5.74, 6) is -0.164. The molecule has 1 aromatic rings. The Balaban J connectivity index is 1.91. The van der Waals surface area contributed by atoms with Gasteiger partial charge in [0.15, 0.2) is 0 Å². The minimum atomic E-state index is -0.164. The monoisotopic (exact) mass is 221 g/mol. The summed E-state index contributed by atoms with van der Waals surface area (Å²) in [6, 6.07) is 6.77. The van der Waals surface area contributed by atoms with Gasteiger partial charge in [-0.3, -0.25) is 4.90 Å². The van der Waals surface area contributed by atoms with Crippen molar-refractivity contribution in [2.24, 2.45) is 0 Å². The number of rotatable bonds is 3. The van der Waals surface area contributed by atoms with Gasteiger partial charge in [0.25, 0.3) is 0 Å². The second kappa shape index (κ2) is 5.30. The van der Waals surface area contributed by atoms with Gasteiger partial charge in [0, 0.05) is 38.4 Å². The molecule has 0 N–H and O–H groups in total. The van der Waals surface area contributed by atoms with Crippen LogP contribution in [0.2, 0.25) is 0 Å². The zero-order valence-corrected chi connectivity index (χ0v) is 9.69. The van der Waals surface area contributed by atoms with E-state index < -0.39 is 0 Å². The first-order valence-corrected chi connectivity index (χ1v) is 5.80. The molecule has 1 aliphatic rings. The maximum Gasteiger partial charge on any atom is 0.123 e. The minimum absolute atomic E-state index is 0.164. The number of nitrogens with zero attached hydrogens (tertiary/aromatic N) is 2. The molecule has 0 atom stereocenters. The lowest BCUT2D eigenvalue weighted by molar-refractivity contribution is 0.276. The van der Waals surface area contributed by atoms with Crippen molar-refractivity contribution in [2.75, 3.05) is 37.6 Å². The van der Waals surface area contributed by atoms with Crippen molar-refractivity contribution in [3.63, 3.8) is 0 Å². The third-order valence-corrected chi connectivity index (χ3v) is 3.00. The average Bonchev–Trinajstić information content (AvgIpc) is 2.32. The van der Waals surface area contributed by atoms with Crippen molar-refractivity contribution in [3.05, 3.63) is 36.5 Å². The predicted octanol–water partition coefficient (Wildman–Crippen LogP) is 2.17. The van der Waals surface area contributed by atoms with Gasteiger partial charge in [0.2, 0.25) is 0 Å². The van der Waals surface area contributed by atoms with E-state index >= 15 is 0 Å². The Bertz CT molecular complexity index is 315. The summed E-state index contributed by atoms with van der Waals surface area (Å²) < 4.78 is 12.8. The fourth-order valence-electron chi connectivity index (χ4n) is 2.10. The molecule has 2 rings (SSSR count). The molecule has 1 fully saturated rings. The molecule has 0 amide bonds. The van der Waals surface area contributed by atoms with E-state index in [1.54, 1.807) is 0 Å². The molecular weight excluding hydrogens is 203 g/mol. The third kappa shape index (κ3) is 2.73. The SMILES string of the molecule is C[CH]CN1CCN(c2ccc(F)cc2)CC1. The van der Waals surface area contributed by atoms with E-state index in [0.29, 0.717) is 0 Å². The van der Waals surface area contributed by atoms with Crippen LogP contribution in [-0.2, 0) is 0 Å². The van der Waals surface area contributed by atoms with Gasteiger partial charge in [-0.15, -0.1) is 0 Å². The molecule has 1 heterocycles. The van der Waals surface area contributed by atoms with Gasteiger partial charge in [-0.2, -0.15) is 0 Å². The Labute approximate surface area is 96.7 Å². The largest absolute Gasteiger partial charge is 0.369 e. The van der Waals surface area contributed by atoms with Gasteiger partial charge in [0.05, 0.1) is 0 Å². The molecule has 2 nitrogen and oxygen atoms in total. The zero-order valence-electron chi connectivity index (χ0n) is 9.69. The van der Waals surface area contributed by atoms with E-state index in [-0.39, 0.29) is 5.82 Å². The molecule has 87 valence electrons. The Morgan fingerprint density at radius 1 is 1.12 bits per heavy atom. The van der Waals surface area contributed by atoms with Crippen molar-refractivity contribution in [1.82, 2.24) is 4.90 Å². The lowest BCUT2D eigenvalue weighted by atomic mass is 10.2. The molecule has 0 unspecified atom stereocenters. The molecule has 0 spiro atoms. The maximum absolute atomic E-state index is 12.8. The first-order valence-electron chi connectivity index (χ1n) is 5.80. The Morgan fingerprint density at radius 3 is 2.31 bits per heavy atom. The number of hydrogen-bond donors (Lipinski definition) is 0. The lowest BCUT2D eigenvalue weighted by Crippen LogP contribution is -2.46. The standard InChI is InChI=1S/C13H18FN2/c1-2-7-15-8-10-16(11-9-15)13-5-3-12(14)4-6-13/h2-6H,7-11H2,1H3. The number of anilines is 1. The van der Waals surface area contributed by atoms with Crippen LogP contribution in [-0.4, -0.2) is 37.6 Å². The second-order valence-electron chi connectivity index (χ2n) is 4.17. The van der Waals surface area contributed by atoms with E-state index in [1.165, 1.54) is 12.1 Å². The van der Waals surface area contributed by atoms with Gasteiger partial charge in [-0.05, 0) is 30.7 Å². The molecule has 0 aliphatic carbocycles. The first kappa shape index (κ1) is 11.4. The van der Waals surface area contributed by atoms with Crippen molar-refractivity contribution < 1.29 is 4.39 Å². The number of halogens is 1. The van der Waals surface area contributed by atoms with Crippen LogP contribution in [0.5, 0.6) is 0 Å². The van der Waals surface area contributed by atoms with Crippen LogP contribution in [0.1, 0.15) is 6.92 Å². The minimum Gasteiger partial charge on any atom is -0.369 e. The van der Waals surface area contributed by atoms with E-state index in [4.69, 9.17) is 0 Å². The van der Waals surface area contributed by atoms with Crippen molar-refractivity contribution in [1.29, 1.82) is 0 Å². The quantitative estimate of drug-likeness (QED) is 0.772. The topological polar surface area (TPSA) is 6.48 Å². The Morgan fingerprint density at radius 2 is 1.75 bits per heavy atom. The molecule has 1 aromatic carbocycles. The molecule has 16 heavy (non-hydrogen) atoms. The lowest BCUT2D eigenvalue weighted by Gasteiger charge is -2.35. The predicted molar refractivity (Wildman–Crippen MR) is 65.0 cm³/mol. The summed E-state index contributed by atoms with van der Waals surface area (Å²) in [6.07, 6.45) is 2.19. The number of hydrogen-bond acceptors (Lipinski definition) is 2. The average molecular weight is 221 g/mol. The van der Waals surface area contributed by atoms with Crippen molar-refractivity contribution in [2.45, 2.75) is 6.92 Å². The van der Waals surface area contributed by atoms with Crippen LogP contribution in [0.4, 0.5) is 10.1 Å². The van der Waals surface area contributed by atoms with Crippen molar-refractivity contribution in [3.8, 4) is 0 Å². The molecule has 1 aliphatic heterocycles. The zero-order chi connectivity index (χ0) is 11.4. The van der Waals surface area contributed by atoms with Crippen LogP contribution in [0.3, 0.4) is 0 Å². The van der Waals surface area contributed by atoms with E-state index in [2.05, 4.69) is 23.1 Å². The summed E-state index contributed by atoms with van der Waals surface area (Å²) in [7, 11) is 0. The van der Waals surface area contributed by atoms with Gasteiger partial charge >= 0.3 is 0 Å². The highest BCUT2D eigenvalue weighted by Gasteiger charge is 2.16. The Hall–Kier alpha value is -1.09. The summed E-state index contributed by atoms with van der Waals surface area (Å²) in [6.45, 7) is 7.38. The fourth-order valence-corrected chi connectivity index (χ4v) is 2.10. The molecular formula is C13H18FN2. The molecule has 3 heteroatoms. The molecule has 0 saturated carbocycles. The van der Waals surface area contributed by atoms with Crippen LogP contribution in [0, 0.1) is 12.2 Å². The third-order valence-electron chi connectivity index (χ3n) is 3.00. The van der Waals surface area contributed by atoms with E-state index in [1.807, 2.05) is 12.1 Å². The van der Waals surface area contributed by atoms with Gasteiger partial charge in [0.1, 0.15) is 5.82 Å². The van der Waals surface area contributed by atoms with Crippen LogP contribution < -0.4 is 4.90 Å². The molecule has 1 saturated heterocycles. The maximum atomic E-state index is 12.8. The summed E-state index contributed by atoms with van der Waals surface area (Å²) in [5.41, 5.74) is 1.13. The normalized spacial score (nSPS) is 17.8. The van der Waals surface area contributed by atoms with Crippen LogP contribution >= 0.6 is 0 Å². The van der Waals surface area contributed by atoms with Gasteiger partial charge < -0.3 is 4.90 Å². The summed E-state index contributed by atoms with van der Waals surface area (Å²) >= 11 is 0. The molecule has 0 bridgehead atoms. The molecule has 1 radical (unpaired) electrons. The highest BCUT2D eigenvalue weighted by atomic mass is 19.1. The van der Waals surface area contributed by atoms with E-state index in [9.17, 15) is 4.39 Å². The first-order chi connectivity index (χ1) is 7.79. The Kier molecular flexibility index (Phi) is 3.78. The number of piperazine rings is 1. The van der Waals surface area contributed by atoms with E-state index in [0.717, 1.165) is 38.4 Å². The highest BCUT2D eigenvalue weighted by Crippen LogP contribution is 2.16. The molecule has 0 aromatic heterocycles. The highest BCUT2D eigenvalue weighted by molar-refractivity contribution is 5.46. The summed E-state index contributed by atoms with van der Waals surface area (Å²) in [5, 5.41) is 0. The summed E-state index contributed by atoms with van der Waals surface area (Å²) in [4.78, 5) is 4.74. The van der Waals surface area contributed by atoms with Crippen LogP contribution in [0.25, 0.3) is 0 Å². The smallest absolute Gasteiger partial charge is 0.123 e. The van der Waals surface area contributed by atoms with Gasteiger partial charge in [-0.25, -0.2) is 4.39 Å². The second-order valence-corrected chi connectivity index (χ2v) is 4.17. The van der Waals surface area contributed by atoms with Crippen LogP contribution in [0.15, 0.2) is 24.3 Å². The number of benzene rings is 1. The van der Waals surface area contributed by atoms with Gasteiger partial charge in [-0.1, -0.05) is 6.92 Å². The fraction of sp³-hybridized carbons (Fsp3) is 0.462.